The third kappa shape index (κ3) is 2.52. The van der Waals surface area contributed by atoms with Gasteiger partial charge in [-0.1, -0.05) is 10.3 Å². The summed E-state index contributed by atoms with van der Waals surface area (Å²) in [5, 5.41) is 21.8. The minimum absolute atomic E-state index is 0.612. The minimum Gasteiger partial charge on any atom is -0.476 e. The molecule has 0 radical (unpaired) electrons. The quantitative estimate of drug-likeness (QED) is 0.208. The van der Waals surface area contributed by atoms with E-state index in [1.54, 1.807) is 0 Å². The number of nitrogens with two attached hydrogens (primary N) is 1. The molecule has 0 fully saturated rings. The van der Waals surface area contributed by atoms with Crippen molar-refractivity contribution in [1.29, 1.82) is 0 Å². The predicted molar refractivity (Wildman–Crippen MR) is 35.5 cm³/mol. The summed E-state index contributed by atoms with van der Waals surface area (Å²) in [7, 11) is 1.15. The average Bonchev–Trinajstić information content (AvgIpc) is 1.98. The van der Waals surface area contributed by atoms with Gasteiger partial charge in [-0.05, 0) is 0 Å². The summed E-state index contributed by atoms with van der Waals surface area (Å²) in [5.74, 6) is -2.04. The second kappa shape index (κ2) is 4.09. The molecule has 0 spiro atoms. The minimum atomic E-state index is -1.43. The van der Waals surface area contributed by atoms with E-state index in [2.05, 4.69) is 15.1 Å². The number of carbonyl (C=O) groups is 1. The Kier molecular flexibility index (Phi) is 3.43. The van der Waals surface area contributed by atoms with Gasteiger partial charge in [-0.25, -0.2) is 4.79 Å². The van der Waals surface area contributed by atoms with E-state index in [4.69, 9.17) is 16.0 Å². The normalized spacial score (nSPS) is 12.8. The Morgan fingerprint density at radius 1 is 1.64 bits per heavy atom. The van der Waals surface area contributed by atoms with E-state index >= 15 is 0 Å². The zero-order valence-corrected chi connectivity index (χ0v) is 5.68. The number of hydrogen-bond donors (Lipinski definition) is 3. The summed E-state index contributed by atoms with van der Waals surface area (Å²) in [4.78, 5) is 14.3. The van der Waals surface area contributed by atoms with E-state index in [1.165, 1.54) is 0 Å². The number of amidine groups is 1. The zero-order valence-electron chi connectivity index (χ0n) is 5.68. The molecule has 0 atom stereocenters. The molecule has 7 nitrogen and oxygen atoms in total. The highest BCUT2D eigenvalue weighted by atomic mass is 16.6. The second-order valence-corrected chi connectivity index (χ2v) is 1.41. The molecule has 0 aromatic carbocycles. The summed E-state index contributed by atoms with van der Waals surface area (Å²) in [5.41, 5.74) is 4.27. The standard InChI is InChI=1S/C4H7N3O4/c1-11-7-2(4(8)9)3(5)6-10/h10H,1H3,(H2,5,6)(H,8,9)/b7-2-. The lowest BCUT2D eigenvalue weighted by atomic mass is 10.3. The lowest BCUT2D eigenvalue weighted by Crippen LogP contribution is -2.31. The number of hydrogen-bond acceptors (Lipinski definition) is 5. The highest BCUT2D eigenvalue weighted by Crippen LogP contribution is 1.81. The van der Waals surface area contributed by atoms with Crippen molar-refractivity contribution in [2.45, 2.75) is 0 Å². The number of carboxylic acid groups (broad SMARTS) is 1. The molecular weight excluding hydrogens is 154 g/mol. The van der Waals surface area contributed by atoms with Gasteiger partial charge >= 0.3 is 5.97 Å². The van der Waals surface area contributed by atoms with E-state index in [0.717, 1.165) is 7.11 Å². The third-order valence-corrected chi connectivity index (χ3v) is 0.736. The number of carboxylic acids is 1. The van der Waals surface area contributed by atoms with Crippen LogP contribution in [0.25, 0.3) is 0 Å². The van der Waals surface area contributed by atoms with E-state index in [0.29, 0.717) is 0 Å². The first-order valence-electron chi connectivity index (χ1n) is 2.45. The first-order valence-corrected chi connectivity index (χ1v) is 2.45. The van der Waals surface area contributed by atoms with Crippen LogP contribution in [-0.2, 0) is 9.63 Å². The Morgan fingerprint density at radius 3 is 2.45 bits per heavy atom. The van der Waals surface area contributed by atoms with E-state index in [-0.39, 0.29) is 0 Å². The molecule has 0 aromatic rings. The van der Waals surface area contributed by atoms with Crippen molar-refractivity contribution in [2.24, 2.45) is 16.0 Å². The molecule has 0 amide bonds. The lowest BCUT2D eigenvalue weighted by molar-refractivity contribution is -0.129. The largest absolute Gasteiger partial charge is 0.476 e. The fourth-order valence-electron chi connectivity index (χ4n) is 0.334. The zero-order chi connectivity index (χ0) is 8.85. The Bertz CT molecular complexity index is 209. The molecule has 0 rings (SSSR count). The molecule has 4 N–H and O–H groups in total. The van der Waals surface area contributed by atoms with Gasteiger partial charge in [-0.2, -0.15) is 0 Å². The van der Waals surface area contributed by atoms with Crippen LogP contribution in [0.15, 0.2) is 10.3 Å². The smallest absolute Gasteiger partial charge is 0.361 e. The van der Waals surface area contributed by atoms with Crippen molar-refractivity contribution in [2.75, 3.05) is 7.11 Å². The Labute approximate surface area is 61.7 Å². The highest BCUT2D eigenvalue weighted by molar-refractivity contribution is 6.64. The van der Waals surface area contributed by atoms with Gasteiger partial charge in [0.15, 0.2) is 5.84 Å². The predicted octanol–water partition coefficient (Wildman–Crippen LogP) is -1.18. The van der Waals surface area contributed by atoms with Crippen LogP contribution in [0, 0.1) is 0 Å². The lowest BCUT2D eigenvalue weighted by Gasteiger charge is -1.95. The van der Waals surface area contributed by atoms with E-state index < -0.39 is 17.5 Å². The van der Waals surface area contributed by atoms with Gasteiger partial charge in [0.05, 0.1) is 0 Å². The molecular formula is C4H7N3O4. The number of rotatable bonds is 3. The van der Waals surface area contributed by atoms with Gasteiger partial charge in [0, 0.05) is 0 Å². The molecule has 0 aliphatic heterocycles. The van der Waals surface area contributed by atoms with Crippen molar-refractivity contribution in [3.8, 4) is 0 Å². The fraction of sp³-hybridized carbons (Fsp3) is 0.250. The van der Waals surface area contributed by atoms with Crippen LogP contribution in [0.2, 0.25) is 0 Å². The third-order valence-electron chi connectivity index (χ3n) is 0.736. The molecule has 0 saturated heterocycles. The summed E-state index contributed by atoms with van der Waals surface area (Å²) in [6, 6.07) is 0. The van der Waals surface area contributed by atoms with Crippen LogP contribution in [-0.4, -0.2) is 34.9 Å². The van der Waals surface area contributed by atoms with Crippen LogP contribution in [0.4, 0.5) is 0 Å². The molecule has 0 heterocycles. The van der Waals surface area contributed by atoms with Crippen molar-refractivity contribution in [3.63, 3.8) is 0 Å². The van der Waals surface area contributed by atoms with Gasteiger partial charge in [0.1, 0.15) is 7.11 Å². The molecule has 0 aliphatic rings. The average molecular weight is 161 g/mol. The van der Waals surface area contributed by atoms with Crippen molar-refractivity contribution in [1.82, 2.24) is 0 Å². The molecule has 0 bridgehead atoms. The molecule has 11 heavy (non-hydrogen) atoms. The number of oxime groups is 2. The van der Waals surface area contributed by atoms with E-state index in [9.17, 15) is 4.79 Å². The number of aliphatic carboxylic acids is 1. The van der Waals surface area contributed by atoms with Crippen LogP contribution < -0.4 is 5.73 Å². The molecule has 7 heteroatoms. The molecule has 0 unspecified atom stereocenters. The van der Waals surface area contributed by atoms with Gasteiger partial charge in [0.2, 0.25) is 5.71 Å². The van der Waals surface area contributed by atoms with Gasteiger partial charge in [-0.3, -0.25) is 0 Å². The van der Waals surface area contributed by atoms with Crippen molar-refractivity contribution in [3.05, 3.63) is 0 Å². The van der Waals surface area contributed by atoms with Gasteiger partial charge in [-0.15, -0.1) is 0 Å². The van der Waals surface area contributed by atoms with Crippen molar-refractivity contribution < 1.29 is 19.9 Å². The van der Waals surface area contributed by atoms with Crippen LogP contribution in [0.1, 0.15) is 0 Å². The summed E-state index contributed by atoms with van der Waals surface area (Å²) < 4.78 is 0. The first-order chi connectivity index (χ1) is 5.13. The molecule has 0 saturated carbocycles. The second-order valence-electron chi connectivity index (χ2n) is 1.41. The monoisotopic (exact) mass is 161 g/mol. The summed E-state index contributed by atoms with van der Waals surface area (Å²) in [6.45, 7) is 0. The van der Waals surface area contributed by atoms with Crippen LogP contribution in [0.3, 0.4) is 0 Å². The van der Waals surface area contributed by atoms with Gasteiger partial charge in [0.25, 0.3) is 0 Å². The van der Waals surface area contributed by atoms with Crippen molar-refractivity contribution >= 4 is 17.5 Å². The fourth-order valence-corrected chi connectivity index (χ4v) is 0.334. The summed E-state index contributed by atoms with van der Waals surface area (Å²) in [6.07, 6.45) is 0. The van der Waals surface area contributed by atoms with Crippen LogP contribution in [0.5, 0.6) is 0 Å². The van der Waals surface area contributed by atoms with Gasteiger partial charge < -0.3 is 20.9 Å². The Morgan fingerprint density at radius 2 is 2.18 bits per heavy atom. The van der Waals surface area contributed by atoms with E-state index in [1.807, 2.05) is 0 Å². The number of nitrogens with zero attached hydrogens (tertiary/aromatic N) is 2. The summed E-state index contributed by atoms with van der Waals surface area (Å²) >= 11 is 0. The highest BCUT2D eigenvalue weighted by Gasteiger charge is 2.15. The maximum absolute atomic E-state index is 10.2. The first kappa shape index (κ1) is 9.21. The Hall–Kier alpha value is -1.79. The molecule has 62 valence electrons. The molecule has 0 aliphatic carbocycles. The topological polar surface area (TPSA) is 118 Å². The maximum atomic E-state index is 10.2. The Balaban J connectivity index is 4.62. The maximum Gasteiger partial charge on any atom is 0.361 e. The SMILES string of the molecule is CO/N=C(C(=O)O)/C(N)=N/O. The van der Waals surface area contributed by atoms with Crippen LogP contribution >= 0.6 is 0 Å². The molecule has 0 aromatic heterocycles.